The second kappa shape index (κ2) is 23.6. The van der Waals surface area contributed by atoms with E-state index < -0.39 is 0 Å². The maximum Gasteiger partial charge on any atom is 2.00 e. The molecule has 0 radical (unpaired) electrons. The molecule has 4 aliphatic rings. The minimum absolute atomic E-state index is 0. The summed E-state index contributed by atoms with van der Waals surface area (Å²) < 4.78 is 1.79. The van der Waals surface area contributed by atoms with Crippen molar-refractivity contribution in [3.8, 4) is 66.8 Å². The molecule has 2 aliphatic carbocycles. The zero-order chi connectivity index (χ0) is 68.4. The minimum Gasteiger partial charge on any atom is -0.657 e. The summed E-state index contributed by atoms with van der Waals surface area (Å²) in [6, 6.07) is 54.2. The van der Waals surface area contributed by atoms with Crippen LogP contribution in [-0.2, 0) is 52.0 Å². The fraction of sp³-hybridized carbons (Fsp3) is 0.273. The summed E-state index contributed by atoms with van der Waals surface area (Å²) in [7, 11) is 0. The number of ketones is 2. The van der Waals surface area contributed by atoms with Gasteiger partial charge in [-0.15, -0.1) is 22.1 Å². The Morgan fingerprint density at radius 1 is 0.299 bits per heavy atom. The Labute approximate surface area is 602 Å². The van der Waals surface area contributed by atoms with Crippen molar-refractivity contribution in [2.24, 2.45) is 0 Å². The molecule has 9 heteroatoms. The molecule has 0 spiro atoms. The van der Waals surface area contributed by atoms with Gasteiger partial charge in [-0.05, 0) is 223 Å². The SMILES string of the molecule is CC(C)(C)c1cc(-c2c3nc(c(-c4cc(C(C)(C)C)cc(C(C)(C)C)c4)c4ccc([n-]4)c(-c4cc(C(C)(C)C)cc(C(C)(C)C)c4)c4nc(cc5[n-]c2cc5-c2ccc5c(c2)-c2cc(Br)ccc2C5=O)C(c2ccc5c(c2)-c2cc(Br)ccc2C5=O)=C4)C=C3)cc(C(C)(C)C)c1.[Zn+2]. The summed E-state index contributed by atoms with van der Waals surface area (Å²) >= 11 is 7.49. The van der Waals surface area contributed by atoms with Crippen LogP contribution in [0.1, 0.15) is 218 Å². The van der Waals surface area contributed by atoms with Crippen LogP contribution in [0.5, 0.6) is 0 Å². The van der Waals surface area contributed by atoms with Gasteiger partial charge in [-0.3, -0.25) is 9.59 Å². The second-order valence-electron chi connectivity index (χ2n) is 33.0. The maximum absolute atomic E-state index is 14.2. The van der Waals surface area contributed by atoms with Gasteiger partial charge in [0.05, 0.1) is 22.8 Å². The van der Waals surface area contributed by atoms with Crippen LogP contribution < -0.4 is 9.97 Å². The molecule has 482 valence electrons. The summed E-state index contributed by atoms with van der Waals surface area (Å²) in [4.78, 5) is 52.2. The number of carbonyl (C=O) groups excluding carboxylic acids is 2. The third-order valence-corrected chi connectivity index (χ3v) is 20.7. The van der Waals surface area contributed by atoms with Gasteiger partial charge in [0.15, 0.2) is 11.6 Å². The maximum atomic E-state index is 14.2. The first-order chi connectivity index (χ1) is 44.9. The first kappa shape index (κ1) is 67.6. The smallest absolute Gasteiger partial charge is 0.657 e. The summed E-state index contributed by atoms with van der Waals surface area (Å²) in [5.74, 6) is 0.0144. The molecule has 6 nitrogen and oxygen atoms in total. The first-order valence-corrected chi connectivity index (χ1v) is 35.1. The van der Waals surface area contributed by atoms with E-state index >= 15 is 0 Å². The molecule has 0 fully saturated rings. The predicted molar refractivity (Wildman–Crippen MR) is 408 cm³/mol. The third kappa shape index (κ3) is 12.3. The largest absolute Gasteiger partial charge is 2.00 e. The van der Waals surface area contributed by atoms with E-state index in [1.165, 1.54) is 33.4 Å². The van der Waals surface area contributed by atoms with Crippen LogP contribution in [0.15, 0.2) is 161 Å². The standard InChI is InChI=1S/C88H83Br2N4O2.Zn/c1-83(2,3)52-31-49(32-53(39-52)84(4,5)6)78-70-27-29-72(91-70)79(50-33-54(85(7,8)9)40-55(34-50)86(10,11)12)76-44-64(47-19-23-60-66(37-47)68-42-58(89)21-25-62(68)81(60)95)74(93-76)46-75-65(48-20-24-61-67(38-48)69-43-59(90)22-26-63(69)82(61)96)45-77(94-75)80(73-30-28-71(78)92-73)51-35-56(87(13,14)15)41-57(36-51)88(16,17)18;/h19-46H,1-18H3,(H-,91,92,93,94,95,96);/q-1;+2/p-1. The van der Waals surface area contributed by atoms with Gasteiger partial charge in [0.2, 0.25) is 0 Å². The molecule has 3 aromatic heterocycles. The van der Waals surface area contributed by atoms with E-state index in [0.29, 0.717) is 33.5 Å². The van der Waals surface area contributed by atoms with Gasteiger partial charge in [-0.1, -0.05) is 241 Å². The molecule has 0 N–H and O–H groups in total. The van der Waals surface area contributed by atoms with Gasteiger partial charge in [0.1, 0.15) is 0 Å². The van der Waals surface area contributed by atoms with Crippen LogP contribution in [-0.4, -0.2) is 21.5 Å². The molecule has 2 aliphatic heterocycles. The van der Waals surface area contributed by atoms with Crippen LogP contribution in [0.25, 0.3) is 113 Å². The third-order valence-electron chi connectivity index (χ3n) is 19.7. The van der Waals surface area contributed by atoms with E-state index in [2.05, 4.69) is 290 Å². The van der Waals surface area contributed by atoms with Crippen LogP contribution in [0, 0.1) is 0 Å². The molecule has 10 aromatic rings. The van der Waals surface area contributed by atoms with E-state index in [9.17, 15) is 9.59 Å². The van der Waals surface area contributed by atoms with Crippen LogP contribution >= 0.6 is 31.9 Å². The second-order valence-corrected chi connectivity index (χ2v) is 34.9. The Kier molecular flexibility index (Phi) is 16.5. The Balaban J connectivity index is 0.00000849. The predicted octanol–water partition coefficient (Wildman–Crippen LogP) is 23.7. The molecule has 0 amide bonds. The van der Waals surface area contributed by atoms with E-state index in [1.54, 1.807) is 0 Å². The Morgan fingerprint density at radius 3 is 1.04 bits per heavy atom. The fourth-order valence-corrected chi connectivity index (χ4v) is 14.6. The van der Waals surface area contributed by atoms with Crippen molar-refractivity contribution in [2.45, 2.75) is 157 Å². The molecule has 7 aromatic carbocycles. The molecular formula is C88H82Br2N4O2Zn. The molecule has 97 heavy (non-hydrogen) atoms. The number of rotatable bonds is 5. The van der Waals surface area contributed by atoms with Crippen LogP contribution in [0.3, 0.4) is 0 Å². The summed E-state index contributed by atoms with van der Waals surface area (Å²) in [6.45, 7) is 41.1. The van der Waals surface area contributed by atoms with Crippen molar-refractivity contribution in [1.82, 2.24) is 19.9 Å². The van der Waals surface area contributed by atoms with Gasteiger partial charge >= 0.3 is 19.5 Å². The average Bonchev–Trinajstić information content (AvgIpc) is 1.60. The fourth-order valence-electron chi connectivity index (χ4n) is 13.8. The zero-order valence-corrected chi connectivity index (χ0v) is 65.4. The van der Waals surface area contributed by atoms with Crippen LogP contribution in [0.4, 0.5) is 0 Å². The van der Waals surface area contributed by atoms with Crippen LogP contribution in [0.2, 0.25) is 0 Å². The molecule has 5 heterocycles. The molecule has 0 saturated heterocycles. The van der Waals surface area contributed by atoms with E-state index in [-0.39, 0.29) is 63.5 Å². The van der Waals surface area contributed by atoms with Crippen molar-refractivity contribution < 1.29 is 29.1 Å². The molecular weight excluding hydrogens is 1370 g/mol. The number of fused-ring (bicyclic) bond motifs is 14. The van der Waals surface area contributed by atoms with Crippen molar-refractivity contribution in [3.05, 3.63) is 245 Å². The molecule has 14 rings (SSSR count). The Bertz CT molecular complexity index is 5200. The van der Waals surface area contributed by atoms with E-state index in [4.69, 9.17) is 19.9 Å². The molecule has 0 saturated carbocycles. The number of carbonyl (C=O) groups is 2. The number of benzene rings is 7. The van der Waals surface area contributed by atoms with E-state index in [0.717, 1.165) is 120 Å². The van der Waals surface area contributed by atoms with Crippen molar-refractivity contribution in [1.29, 1.82) is 0 Å². The van der Waals surface area contributed by atoms with Gasteiger partial charge in [-0.2, -0.15) is 0 Å². The van der Waals surface area contributed by atoms with Crippen molar-refractivity contribution in [2.75, 3.05) is 0 Å². The number of halogens is 2. The zero-order valence-electron chi connectivity index (χ0n) is 59.2. The Morgan fingerprint density at radius 2 is 0.639 bits per heavy atom. The number of hydrogen-bond donors (Lipinski definition) is 0. The summed E-state index contributed by atoms with van der Waals surface area (Å²) in [6.07, 6.45) is 6.60. The quantitative estimate of drug-likeness (QED) is 0.160. The van der Waals surface area contributed by atoms with Crippen molar-refractivity contribution in [3.63, 3.8) is 0 Å². The average molecular weight is 1450 g/mol. The minimum atomic E-state index is -0.208. The Hall–Kier alpha value is -7.94. The normalized spacial score (nSPS) is 13.8. The van der Waals surface area contributed by atoms with Crippen molar-refractivity contribution >= 4 is 89.3 Å². The molecule has 0 unspecified atom stereocenters. The number of nitrogens with zero attached hydrogens (tertiary/aromatic N) is 4. The summed E-state index contributed by atoms with van der Waals surface area (Å²) in [5, 5.41) is 0. The molecule has 0 atom stereocenters. The summed E-state index contributed by atoms with van der Waals surface area (Å²) in [5.41, 5.74) is 27.6. The van der Waals surface area contributed by atoms with Gasteiger partial charge in [0.25, 0.3) is 0 Å². The van der Waals surface area contributed by atoms with Gasteiger partial charge < -0.3 is 9.97 Å². The van der Waals surface area contributed by atoms with Gasteiger partial charge in [-0.25, -0.2) is 9.97 Å². The van der Waals surface area contributed by atoms with Gasteiger partial charge in [0, 0.05) is 36.8 Å². The number of aromatic nitrogens is 4. The monoisotopic (exact) mass is 1450 g/mol. The molecule has 8 bridgehead atoms. The first-order valence-electron chi connectivity index (χ1n) is 33.5. The number of hydrogen-bond acceptors (Lipinski definition) is 4. The van der Waals surface area contributed by atoms with E-state index in [1.807, 2.05) is 36.4 Å². The topological polar surface area (TPSA) is 88.1 Å².